The molecule has 2 N–H and O–H groups in total. The number of nitrogens with zero attached hydrogens (tertiary/aromatic N) is 2. The average molecular weight is 465 g/mol. The Bertz CT molecular complexity index is 1200. The first-order valence-electron chi connectivity index (χ1n) is 11.4. The molecule has 0 spiro atoms. The van der Waals surface area contributed by atoms with Gasteiger partial charge in [0.05, 0.1) is 19.8 Å². The van der Waals surface area contributed by atoms with E-state index in [4.69, 9.17) is 17.0 Å². The normalized spacial score (nSPS) is 14.4. The van der Waals surface area contributed by atoms with Crippen LogP contribution in [0.4, 0.5) is 5.69 Å². The van der Waals surface area contributed by atoms with Crippen LogP contribution in [0.5, 0.6) is 0 Å². The number of aryl methyl sites for hydroxylation is 3. The second kappa shape index (κ2) is 10.5. The smallest absolute Gasteiger partial charge is 0.253 e. The van der Waals surface area contributed by atoms with Crippen molar-refractivity contribution in [1.82, 2.24) is 14.8 Å². The molecular weight excluding hydrogens is 432 g/mol. The number of aromatic amines is 1. The third-order valence-electron chi connectivity index (χ3n) is 6.10. The topological polar surface area (TPSA) is 60.6 Å². The minimum atomic E-state index is -0.0674. The van der Waals surface area contributed by atoms with Gasteiger partial charge in [-0.15, -0.1) is 0 Å². The summed E-state index contributed by atoms with van der Waals surface area (Å²) in [6.45, 7) is 11.6. The molecule has 7 heteroatoms. The Hall–Kier alpha value is -2.74. The molecule has 174 valence electrons. The number of aromatic nitrogens is 1. The second-order valence-electron chi connectivity index (χ2n) is 8.84. The van der Waals surface area contributed by atoms with E-state index in [0.717, 1.165) is 67.1 Å². The van der Waals surface area contributed by atoms with E-state index in [-0.39, 0.29) is 5.56 Å². The SMILES string of the molecule is Cc1cccc(NC(=S)N(CCN2CCOCC2)Cc2cc3c(C)cc(C)cc3[nH]c2=O)c1. The van der Waals surface area contributed by atoms with Crippen LogP contribution in [-0.2, 0) is 11.3 Å². The van der Waals surface area contributed by atoms with Crippen LogP contribution >= 0.6 is 12.2 Å². The van der Waals surface area contributed by atoms with Gasteiger partial charge in [0.2, 0.25) is 0 Å². The van der Waals surface area contributed by atoms with Crippen LogP contribution in [0.3, 0.4) is 0 Å². The molecule has 33 heavy (non-hydrogen) atoms. The Kier molecular flexibility index (Phi) is 7.42. The number of pyridine rings is 1. The van der Waals surface area contributed by atoms with E-state index in [1.165, 1.54) is 5.56 Å². The first-order chi connectivity index (χ1) is 15.9. The molecule has 1 saturated heterocycles. The van der Waals surface area contributed by atoms with Crippen LogP contribution in [0.1, 0.15) is 22.3 Å². The Morgan fingerprint density at radius 2 is 1.91 bits per heavy atom. The van der Waals surface area contributed by atoms with Crippen molar-refractivity contribution >= 4 is 33.9 Å². The van der Waals surface area contributed by atoms with E-state index in [0.29, 0.717) is 17.2 Å². The van der Waals surface area contributed by atoms with Crippen molar-refractivity contribution < 1.29 is 4.74 Å². The molecule has 0 bridgehead atoms. The summed E-state index contributed by atoms with van der Waals surface area (Å²) in [6, 6.07) is 14.3. The number of rotatable bonds is 6. The summed E-state index contributed by atoms with van der Waals surface area (Å²) in [5, 5.41) is 5.06. The van der Waals surface area contributed by atoms with Crippen molar-refractivity contribution in [3.8, 4) is 0 Å². The summed E-state index contributed by atoms with van der Waals surface area (Å²) >= 11 is 5.81. The highest BCUT2D eigenvalue weighted by Crippen LogP contribution is 2.19. The zero-order chi connectivity index (χ0) is 23.4. The number of morpholine rings is 1. The molecule has 6 nitrogen and oxygen atoms in total. The number of benzene rings is 2. The van der Waals surface area contributed by atoms with E-state index < -0.39 is 0 Å². The van der Waals surface area contributed by atoms with Crippen LogP contribution in [0.2, 0.25) is 0 Å². The molecule has 0 amide bonds. The molecule has 2 aromatic carbocycles. The van der Waals surface area contributed by atoms with E-state index in [9.17, 15) is 4.79 Å². The summed E-state index contributed by atoms with van der Waals surface area (Å²) in [5.41, 5.74) is 5.94. The lowest BCUT2D eigenvalue weighted by Crippen LogP contribution is -2.44. The zero-order valence-electron chi connectivity index (χ0n) is 19.6. The van der Waals surface area contributed by atoms with Gasteiger partial charge in [-0.25, -0.2) is 0 Å². The largest absolute Gasteiger partial charge is 0.379 e. The predicted molar refractivity (Wildman–Crippen MR) is 139 cm³/mol. The Morgan fingerprint density at radius 1 is 1.12 bits per heavy atom. The molecule has 2 heterocycles. The molecule has 1 aliphatic heterocycles. The predicted octanol–water partition coefficient (Wildman–Crippen LogP) is 3.98. The van der Waals surface area contributed by atoms with Crippen LogP contribution in [0.25, 0.3) is 10.9 Å². The molecule has 0 atom stereocenters. The fourth-order valence-electron chi connectivity index (χ4n) is 4.30. The minimum Gasteiger partial charge on any atom is -0.379 e. The number of H-pyrrole nitrogens is 1. The van der Waals surface area contributed by atoms with Crippen LogP contribution in [0.15, 0.2) is 47.3 Å². The van der Waals surface area contributed by atoms with Crippen molar-refractivity contribution in [2.45, 2.75) is 27.3 Å². The summed E-state index contributed by atoms with van der Waals surface area (Å²) in [7, 11) is 0. The van der Waals surface area contributed by atoms with E-state index >= 15 is 0 Å². The van der Waals surface area contributed by atoms with Crippen molar-refractivity contribution in [1.29, 1.82) is 0 Å². The van der Waals surface area contributed by atoms with Crippen molar-refractivity contribution in [3.63, 3.8) is 0 Å². The van der Waals surface area contributed by atoms with Gasteiger partial charge in [0, 0.05) is 48.3 Å². The number of anilines is 1. The van der Waals surface area contributed by atoms with Crippen LogP contribution in [0, 0.1) is 20.8 Å². The standard InChI is InChI=1S/C26H32N4O2S/c1-18-5-4-6-22(14-18)27-26(33)30(8-7-29-9-11-32-12-10-29)17-21-16-23-20(3)13-19(2)15-24(23)28-25(21)31/h4-6,13-16H,7-12,17H2,1-3H3,(H,27,33)(H,28,31). The highest BCUT2D eigenvalue weighted by molar-refractivity contribution is 7.80. The molecule has 0 radical (unpaired) electrons. The molecule has 1 fully saturated rings. The maximum atomic E-state index is 12.9. The number of hydrogen-bond acceptors (Lipinski definition) is 4. The van der Waals surface area contributed by atoms with E-state index in [1.54, 1.807) is 0 Å². The Labute approximate surface area is 200 Å². The van der Waals surface area contributed by atoms with E-state index in [1.807, 2.05) is 31.2 Å². The number of hydrogen-bond donors (Lipinski definition) is 2. The molecule has 3 aromatic rings. The summed E-state index contributed by atoms with van der Waals surface area (Å²) < 4.78 is 5.48. The van der Waals surface area contributed by atoms with Gasteiger partial charge < -0.3 is 19.9 Å². The van der Waals surface area contributed by atoms with Gasteiger partial charge in [0.1, 0.15) is 0 Å². The lowest BCUT2D eigenvalue weighted by Gasteiger charge is -2.31. The van der Waals surface area contributed by atoms with Gasteiger partial charge >= 0.3 is 0 Å². The first-order valence-corrected chi connectivity index (χ1v) is 11.9. The highest BCUT2D eigenvalue weighted by atomic mass is 32.1. The summed E-state index contributed by atoms with van der Waals surface area (Å²) in [5.74, 6) is 0. The zero-order valence-corrected chi connectivity index (χ0v) is 20.4. The lowest BCUT2D eigenvalue weighted by atomic mass is 10.0. The van der Waals surface area contributed by atoms with Crippen molar-refractivity contribution in [2.24, 2.45) is 0 Å². The molecule has 0 saturated carbocycles. The monoisotopic (exact) mass is 464 g/mol. The molecule has 0 unspecified atom stereocenters. The summed E-state index contributed by atoms with van der Waals surface area (Å²) in [4.78, 5) is 20.5. The fourth-order valence-corrected chi connectivity index (χ4v) is 4.58. The minimum absolute atomic E-state index is 0.0674. The molecule has 1 aliphatic rings. The van der Waals surface area contributed by atoms with Gasteiger partial charge in [-0.2, -0.15) is 0 Å². The van der Waals surface area contributed by atoms with Crippen LogP contribution < -0.4 is 10.9 Å². The van der Waals surface area contributed by atoms with Gasteiger partial charge in [0.25, 0.3) is 5.56 Å². The number of nitrogens with one attached hydrogen (secondary N) is 2. The third-order valence-corrected chi connectivity index (χ3v) is 6.46. The van der Waals surface area contributed by atoms with Crippen LogP contribution in [-0.4, -0.2) is 59.3 Å². The maximum absolute atomic E-state index is 12.9. The summed E-state index contributed by atoms with van der Waals surface area (Å²) in [6.07, 6.45) is 0. The quantitative estimate of drug-likeness (QED) is 0.538. The molecular formula is C26H32N4O2S. The third kappa shape index (κ3) is 5.99. The van der Waals surface area contributed by atoms with Gasteiger partial charge in [-0.1, -0.05) is 18.2 Å². The molecule has 0 aliphatic carbocycles. The second-order valence-corrected chi connectivity index (χ2v) is 9.23. The van der Waals surface area contributed by atoms with Gasteiger partial charge in [0.15, 0.2) is 5.11 Å². The maximum Gasteiger partial charge on any atom is 0.253 e. The molecule has 4 rings (SSSR count). The fraction of sp³-hybridized carbons (Fsp3) is 0.385. The van der Waals surface area contributed by atoms with Crippen molar-refractivity contribution in [2.75, 3.05) is 44.7 Å². The Morgan fingerprint density at radius 3 is 2.67 bits per heavy atom. The number of ether oxygens (including phenoxy) is 1. The highest BCUT2D eigenvalue weighted by Gasteiger charge is 2.17. The van der Waals surface area contributed by atoms with Gasteiger partial charge in [-0.05, 0) is 73.9 Å². The lowest BCUT2D eigenvalue weighted by molar-refractivity contribution is 0.0358. The number of thiocarbonyl (C=S) groups is 1. The average Bonchev–Trinajstić information content (AvgIpc) is 2.77. The Balaban J connectivity index is 1.58. The van der Waals surface area contributed by atoms with Crippen molar-refractivity contribution in [3.05, 3.63) is 75.1 Å². The molecule has 1 aromatic heterocycles. The first kappa shape index (κ1) is 23.4. The van der Waals surface area contributed by atoms with Gasteiger partial charge in [-0.3, -0.25) is 9.69 Å². The van der Waals surface area contributed by atoms with E-state index in [2.05, 4.69) is 52.1 Å². The number of fused-ring (bicyclic) bond motifs is 1.